The van der Waals surface area contributed by atoms with E-state index in [-0.39, 0.29) is 0 Å². The molecule has 0 aliphatic rings. The highest BCUT2D eigenvalue weighted by atomic mass is 17.2. The Hall–Kier alpha value is -1.35. The Morgan fingerprint density at radius 1 is 1.16 bits per heavy atom. The summed E-state index contributed by atoms with van der Waals surface area (Å²) in [5.41, 5.74) is 1.55. The predicted octanol–water partition coefficient (Wildman–Crippen LogP) is 4.26. The Balaban J connectivity index is 2.08. The van der Waals surface area contributed by atoms with Crippen molar-refractivity contribution in [2.45, 2.75) is 45.4 Å². The fourth-order valence-corrected chi connectivity index (χ4v) is 1.78. The Morgan fingerprint density at radius 2 is 1.89 bits per heavy atom. The van der Waals surface area contributed by atoms with Gasteiger partial charge in [-0.25, -0.2) is 4.79 Å². The Labute approximate surface area is 115 Å². The fraction of sp³-hybridized carbons (Fsp3) is 0.500. The average Bonchev–Trinajstić information content (AvgIpc) is 2.41. The summed E-state index contributed by atoms with van der Waals surface area (Å²) >= 11 is 0. The maximum atomic E-state index is 11.6. The summed E-state index contributed by atoms with van der Waals surface area (Å²) in [6, 6.07) is 7.26. The highest BCUT2D eigenvalue weighted by molar-refractivity contribution is 5.89. The van der Waals surface area contributed by atoms with E-state index in [1.807, 2.05) is 19.1 Å². The van der Waals surface area contributed by atoms with Crippen LogP contribution >= 0.6 is 0 Å². The molecule has 105 valence electrons. The summed E-state index contributed by atoms with van der Waals surface area (Å²) in [6.45, 7) is 6.20. The molecule has 0 spiro atoms. The van der Waals surface area contributed by atoms with Crippen LogP contribution in [0.3, 0.4) is 0 Å². The first-order chi connectivity index (χ1) is 9.24. The Morgan fingerprint density at radius 3 is 2.63 bits per heavy atom. The fourth-order valence-electron chi connectivity index (χ4n) is 1.78. The van der Waals surface area contributed by atoms with Gasteiger partial charge in [-0.2, -0.15) is 4.89 Å². The SMILES string of the molecule is [CH2]CCCCCCCOOC(=O)c1cccc(C)c1. The van der Waals surface area contributed by atoms with Gasteiger partial charge in [0.2, 0.25) is 0 Å². The van der Waals surface area contributed by atoms with Gasteiger partial charge >= 0.3 is 5.97 Å². The Kier molecular flexibility index (Phi) is 7.91. The molecule has 0 fully saturated rings. The van der Waals surface area contributed by atoms with E-state index in [2.05, 4.69) is 6.92 Å². The van der Waals surface area contributed by atoms with Gasteiger partial charge in [-0.1, -0.05) is 56.7 Å². The van der Waals surface area contributed by atoms with E-state index in [9.17, 15) is 4.79 Å². The molecule has 0 saturated heterocycles. The molecule has 0 aromatic heterocycles. The lowest BCUT2D eigenvalue weighted by molar-refractivity contribution is -0.241. The highest BCUT2D eigenvalue weighted by Crippen LogP contribution is 2.07. The molecule has 3 nitrogen and oxygen atoms in total. The molecule has 1 aromatic carbocycles. The topological polar surface area (TPSA) is 35.5 Å². The number of aryl methyl sites for hydroxylation is 1. The standard InChI is InChI=1S/C16H23O3/c1-3-4-5-6-7-8-12-18-19-16(17)15-11-9-10-14(2)13-15/h9-11,13H,1,3-8,12H2,2H3. The molecule has 0 atom stereocenters. The molecule has 0 aliphatic heterocycles. The smallest absolute Gasteiger partial charge is 0.293 e. The van der Waals surface area contributed by atoms with Crippen LogP contribution in [0.2, 0.25) is 0 Å². The molecule has 1 aromatic rings. The van der Waals surface area contributed by atoms with Crippen LogP contribution in [0.5, 0.6) is 0 Å². The average molecular weight is 263 g/mol. The van der Waals surface area contributed by atoms with Crippen molar-refractivity contribution >= 4 is 5.97 Å². The van der Waals surface area contributed by atoms with Gasteiger partial charge in [0.15, 0.2) is 0 Å². The first-order valence-electron chi connectivity index (χ1n) is 6.93. The molecule has 0 unspecified atom stereocenters. The van der Waals surface area contributed by atoms with Crippen LogP contribution in [-0.2, 0) is 9.78 Å². The third kappa shape index (κ3) is 6.97. The quantitative estimate of drug-likeness (QED) is 0.379. The maximum Gasteiger partial charge on any atom is 0.373 e. The maximum absolute atomic E-state index is 11.6. The minimum atomic E-state index is -0.430. The van der Waals surface area contributed by atoms with Crippen molar-refractivity contribution in [1.82, 2.24) is 0 Å². The summed E-state index contributed by atoms with van der Waals surface area (Å²) in [5.74, 6) is -0.430. The minimum Gasteiger partial charge on any atom is -0.293 e. The molecule has 0 heterocycles. The largest absolute Gasteiger partial charge is 0.373 e. The van der Waals surface area contributed by atoms with E-state index in [1.165, 1.54) is 19.3 Å². The molecule has 3 heteroatoms. The number of unbranched alkanes of at least 4 members (excludes halogenated alkanes) is 5. The van der Waals surface area contributed by atoms with Crippen LogP contribution in [0.25, 0.3) is 0 Å². The number of carbonyl (C=O) groups is 1. The van der Waals surface area contributed by atoms with E-state index in [4.69, 9.17) is 9.78 Å². The van der Waals surface area contributed by atoms with Crippen LogP contribution in [0.4, 0.5) is 0 Å². The van der Waals surface area contributed by atoms with Gasteiger partial charge in [-0.3, -0.25) is 4.89 Å². The van der Waals surface area contributed by atoms with Crippen molar-refractivity contribution in [2.24, 2.45) is 0 Å². The zero-order valence-electron chi connectivity index (χ0n) is 11.7. The number of hydrogen-bond acceptors (Lipinski definition) is 3. The van der Waals surface area contributed by atoms with Crippen molar-refractivity contribution in [2.75, 3.05) is 6.61 Å². The van der Waals surface area contributed by atoms with Gasteiger partial charge in [0.05, 0.1) is 12.2 Å². The normalized spacial score (nSPS) is 10.4. The molecule has 0 N–H and O–H groups in total. The van der Waals surface area contributed by atoms with Gasteiger partial charge in [-0.15, -0.1) is 0 Å². The van der Waals surface area contributed by atoms with Crippen molar-refractivity contribution in [3.05, 3.63) is 42.3 Å². The second-order valence-corrected chi connectivity index (χ2v) is 4.68. The number of rotatable bonds is 9. The molecule has 0 bridgehead atoms. The second-order valence-electron chi connectivity index (χ2n) is 4.68. The van der Waals surface area contributed by atoms with E-state index in [0.29, 0.717) is 12.2 Å². The van der Waals surface area contributed by atoms with Crippen LogP contribution in [0.1, 0.15) is 54.4 Å². The van der Waals surface area contributed by atoms with Gasteiger partial charge < -0.3 is 0 Å². The van der Waals surface area contributed by atoms with Crippen LogP contribution < -0.4 is 0 Å². The molecule has 19 heavy (non-hydrogen) atoms. The van der Waals surface area contributed by atoms with Crippen LogP contribution in [0.15, 0.2) is 24.3 Å². The highest BCUT2D eigenvalue weighted by Gasteiger charge is 2.07. The number of hydrogen-bond donors (Lipinski definition) is 0. The summed E-state index contributed by atoms with van der Waals surface area (Å²) in [7, 11) is 0. The van der Waals surface area contributed by atoms with Gasteiger partial charge in [0.1, 0.15) is 0 Å². The summed E-state index contributed by atoms with van der Waals surface area (Å²) in [5, 5.41) is 0. The lowest BCUT2D eigenvalue weighted by atomic mass is 10.1. The van der Waals surface area contributed by atoms with Crippen molar-refractivity contribution in [3.8, 4) is 0 Å². The zero-order chi connectivity index (χ0) is 13.9. The predicted molar refractivity (Wildman–Crippen MR) is 75.6 cm³/mol. The van der Waals surface area contributed by atoms with E-state index >= 15 is 0 Å². The molecule has 0 amide bonds. The van der Waals surface area contributed by atoms with E-state index < -0.39 is 5.97 Å². The number of benzene rings is 1. The molecule has 0 aliphatic carbocycles. The van der Waals surface area contributed by atoms with Crippen LogP contribution in [0, 0.1) is 13.8 Å². The first-order valence-corrected chi connectivity index (χ1v) is 6.93. The second kappa shape index (κ2) is 9.56. The van der Waals surface area contributed by atoms with E-state index in [1.54, 1.807) is 12.1 Å². The zero-order valence-corrected chi connectivity index (χ0v) is 11.7. The molecular weight excluding hydrogens is 240 g/mol. The van der Waals surface area contributed by atoms with Gasteiger partial charge in [0, 0.05) is 0 Å². The van der Waals surface area contributed by atoms with Crippen molar-refractivity contribution < 1.29 is 14.6 Å². The molecule has 0 saturated carbocycles. The molecule has 1 radical (unpaired) electrons. The number of carbonyl (C=O) groups excluding carboxylic acids is 1. The summed E-state index contributed by atoms with van der Waals surface area (Å²) in [6.07, 6.45) is 6.60. The van der Waals surface area contributed by atoms with Crippen molar-refractivity contribution in [1.29, 1.82) is 0 Å². The summed E-state index contributed by atoms with van der Waals surface area (Å²) in [4.78, 5) is 21.3. The molecule has 1 rings (SSSR count). The Bertz CT molecular complexity index is 374. The molecular formula is C16H23O3. The third-order valence-electron chi connectivity index (χ3n) is 2.87. The third-order valence-corrected chi connectivity index (χ3v) is 2.87. The van der Waals surface area contributed by atoms with Crippen molar-refractivity contribution in [3.63, 3.8) is 0 Å². The first kappa shape index (κ1) is 15.7. The monoisotopic (exact) mass is 263 g/mol. The van der Waals surface area contributed by atoms with E-state index in [0.717, 1.165) is 24.8 Å². The lowest BCUT2D eigenvalue weighted by Crippen LogP contribution is -2.07. The lowest BCUT2D eigenvalue weighted by Gasteiger charge is -2.04. The van der Waals surface area contributed by atoms with Crippen LogP contribution in [-0.4, -0.2) is 12.6 Å². The summed E-state index contributed by atoms with van der Waals surface area (Å²) < 4.78 is 0. The van der Waals surface area contributed by atoms with Gasteiger partial charge in [0.25, 0.3) is 0 Å². The van der Waals surface area contributed by atoms with Gasteiger partial charge in [-0.05, 0) is 25.5 Å². The minimum absolute atomic E-state index is 0.430.